The summed E-state index contributed by atoms with van der Waals surface area (Å²) >= 11 is 1.14. The molecule has 0 saturated heterocycles. The second-order valence-corrected chi connectivity index (χ2v) is 5.68. The van der Waals surface area contributed by atoms with E-state index < -0.39 is 10.0 Å². The number of nitrogens with zero attached hydrogens (tertiary/aromatic N) is 2. The summed E-state index contributed by atoms with van der Waals surface area (Å²) in [6.45, 7) is 1.84. The number of sulfonamides is 1. The van der Waals surface area contributed by atoms with Gasteiger partial charge in [0, 0.05) is 0 Å². The van der Waals surface area contributed by atoms with E-state index in [4.69, 9.17) is 0 Å². The molecule has 0 saturated carbocycles. The average molecular weight is 255 g/mol. The number of hydrogen-bond donors (Lipinski definition) is 1. The largest absolute Gasteiger partial charge is 0.263 e. The van der Waals surface area contributed by atoms with Gasteiger partial charge in [-0.05, 0) is 24.6 Å². The minimum Gasteiger partial charge on any atom is -0.253 e. The van der Waals surface area contributed by atoms with Crippen LogP contribution in [0, 0.1) is 6.92 Å². The molecule has 0 atom stereocenters. The molecule has 84 valence electrons. The molecule has 1 aromatic carbocycles. The van der Waals surface area contributed by atoms with Gasteiger partial charge in [0.05, 0.1) is 4.90 Å². The number of aryl methyl sites for hydroxylation is 1. The standard InChI is InChI=1S/C9H9N3O2S2/c1-7-3-2-4-8(5-7)16(13,14)12-9-11-10-6-15-9/h2-6H,1H3,(H,11,12). The van der Waals surface area contributed by atoms with Crippen molar-refractivity contribution in [3.63, 3.8) is 0 Å². The van der Waals surface area contributed by atoms with E-state index in [1.807, 2.05) is 13.0 Å². The minimum atomic E-state index is -3.55. The van der Waals surface area contributed by atoms with Crippen molar-refractivity contribution in [3.8, 4) is 0 Å². The van der Waals surface area contributed by atoms with Gasteiger partial charge in [0.25, 0.3) is 10.0 Å². The summed E-state index contributed by atoms with van der Waals surface area (Å²) in [6, 6.07) is 6.67. The number of aromatic nitrogens is 2. The molecule has 0 unspecified atom stereocenters. The Morgan fingerprint density at radius 2 is 2.19 bits per heavy atom. The third-order valence-electron chi connectivity index (χ3n) is 1.88. The number of hydrogen-bond acceptors (Lipinski definition) is 5. The van der Waals surface area contributed by atoms with E-state index in [0.717, 1.165) is 16.9 Å². The molecule has 0 aliphatic heterocycles. The van der Waals surface area contributed by atoms with E-state index in [-0.39, 0.29) is 10.0 Å². The van der Waals surface area contributed by atoms with Crippen molar-refractivity contribution in [2.75, 3.05) is 4.72 Å². The van der Waals surface area contributed by atoms with Gasteiger partial charge in [-0.2, -0.15) is 0 Å². The minimum absolute atomic E-state index is 0.225. The highest BCUT2D eigenvalue weighted by Crippen LogP contribution is 2.17. The fourth-order valence-corrected chi connectivity index (χ4v) is 2.97. The summed E-state index contributed by atoms with van der Waals surface area (Å²) in [6.07, 6.45) is 0. The zero-order chi connectivity index (χ0) is 11.6. The fourth-order valence-electron chi connectivity index (χ4n) is 1.17. The lowest BCUT2D eigenvalue weighted by Crippen LogP contribution is -2.12. The first-order valence-electron chi connectivity index (χ1n) is 4.43. The maximum absolute atomic E-state index is 11.9. The van der Waals surface area contributed by atoms with Gasteiger partial charge in [-0.25, -0.2) is 8.42 Å². The molecule has 0 bridgehead atoms. The Hall–Kier alpha value is -1.47. The predicted molar refractivity (Wildman–Crippen MR) is 61.9 cm³/mol. The van der Waals surface area contributed by atoms with Crippen LogP contribution in [0.3, 0.4) is 0 Å². The van der Waals surface area contributed by atoms with Crippen LogP contribution in [-0.2, 0) is 10.0 Å². The van der Waals surface area contributed by atoms with Crippen LogP contribution in [0.5, 0.6) is 0 Å². The van der Waals surface area contributed by atoms with Crippen LogP contribution in [-0.4, -0.2) is 18.6 Å². The van der Waals surface area contributed by atoms with Gasteiger partial charge >= 0.3 is 0 Å². The normalized spacial score (nSPS) is 11.3. The van der Waals surface area contributed by atoms with Crippen molar-refractivity contribution >= 4 is 26.5 Å². The second-order valence-electron chi connectivity index (χ2n) is 3.17. The van der Waals surface area contributed by atoms with Crippen molar-refractivity contribution in [2.45, 2.75) is 11.8 Å². The first kappa shape index (κ1) is 11.0. The molecule has 1 aromatic heterocycles. The average Bonchev–Trinajstić information content (AvgIpc) is 2.70. The van der Waals surface area contributed by atoms with E-state index in [1.165, 1.54) is 11.6 Å². The molecule has 0 amide bonds. The Morgan fingerprint density at radius 3 is 2.81 bits per heavy atom. The van der Waals surface area contributed by atoms with Crippen molar-refractivity contribution in [3.05, 3.63) is 35.3 Å². The van der Waals surface area contributed by atoms with Crippen molar-refractivity contribution in [1.82, 2.24) is 10.2 Å². The Kier molecular flexibility index (Phi) is 2.88. The van der Waals surface area contributed by atoms with Gasteiger partial charge in [0.1, 0.15) is 5.51 Å². The zero-order valence-corrected chi connectivity index (χ0v) is 10.0. The number of rotatable bonds is 3. The summed E-state index contributed by atoms with van der Waals surface area (Å²) in [5, 5.41) is 7.45. The Balaban J connectivity index is 2.33. The van der Waals surface area contributed by atoms with Gasteiger partial charge in [0.15, 0.2) is 0 Å². The van der Waals surface area contributed by atoms with Gasteiger partial charge in [-0.3, -0.25) is 4.72 Å². The van der Waals surface area contributed by atoms with E-state index in [1.54, 1.807) is 12.1 Å². The number of anilines is 1. The lowest BCUT2D eigenvalue weighted by Gasteiger charge is -2.04. The second kappa shape index (κ2) is 4.18. The molecule has 0 spiro atoms. The molecule has 1 heterocycles. The van der Waals surface area contributed by atoms with Crippen LogP contribution < -0.4 is 4.72 Å². The molecule has 7 heteroatoms. The van der Waals surface area contributed by atoms with Crippen molar-refractivity contribution in [2.24, 2.45) is 0 Å². The molecular formula is C9H9N3O2S2. The van der Waals surface area contributed by atoms with Crippen molar-refractivity contribution < 1.29 is 8.42 Å². The maximum atomic E-state index is 11.9. The van der Waals surface area contributed by atoms with Crippen LogP contribution in [0.25, 0.3) is 0 Å². The predicted octanol–water partition coefficient (Wildman–Crippen LogP) is 1.65. The van der Waals surface area contributed by atoms with Crippen LogP contribution in [0.4, 0.5) is 5.13 Å². The van der Waals surface area contributed by atoms with Gasteiger partial charge in [-0.15, -0.1) is 10.2 Å². The molecule has 16 heavy (non-hydrogen) atoms. The quantitative estimate of drug-likeness (QED) is 0.905. The molecule has 0 aliphatic carbocycles. The highest BCUT2D eigenvalue weighted by Gasteiger charge is 2.15. The Bertz CT molecular complexity index is 579. The van der Waals surface area contributed by atoms with Crippen LogP contribution in [0.2, 0.25) is 0 Å². The Labute approximate surface area is 97.2 Å². The summed E-state index contributed by atoms with van der Waals surface area (Å²) < 4.78 is 26.1. The van der Waals surface area contributed by atoms with Gasteiger partial charge in [-0.1, -0.05) is 23.5 Å². The fraction of sp³-hybridized carbons (Fsp3) is 0.111. The van der Waals surface area contributed by atoms with Crippen LogP contribution in [0.15, 0.2) is 34.7 Å². The smallest absolute Gasteiger partial charge is 0.253 e. The molecule has 0 fully saturated rings. The molecule has 5 nitrogen and oxygen atoms in total. The van der Waals surface area contributed by atoms with Gasteiger partial charge < -0.3 is 0 Å². The van der Waals surface area contributed by atoms with E-state index in [2.05, 4.69) is 14.9 Å². The monoisotopic (exact) mass is 255 g/mol. The van der Waals surface area contributed by atoms with Crippen LogP contribution >= 0.6 is 11.3 Å². The topological polar surface area (TPSA) is 72.0 Å². The number of nitrogens with one attached hydrogen (secondary N) is 1. The van der Waals surface area contributed by atoms with E-state index in [0.29, 0.717) is 0 Å². The molecule has 0 aliphatic rings. The molecule has 2 aromatic rings. The summed E-state index contributed by atoms with van der Waals surface area (Å²) in [7, 11) is -3.55. The first-order chi connectivity index (χ1) is 7.58. The lowest BCUT2D eigenvalue weighted by atomic mass is 10.2. The lowest BCUT2D eigenvalue weighted by molar-refractivity contribution is 0.601. The maximum Gasteiger partial charge on any atom is 0.263 e. The molecule has 1 N–H and O–H groups in total. The SMILES string of the molecule is Cc1cccc(S(=O)(=O)Nc2nncs2)c1. The zero-order valence-electron chi connectivity index (χ0n) is 8.41. The summed E-state index contributed by atoms with van der Waals surface area (Å²) in [4.78, 5) is 0.225. The summed E-state index contributed by atoms with van der Waals surface area (Å²) in [5.74, 6) is 0. The molecular weight excluding hydrogens is 246 g/mol. The summed E-state index contributed by atoms with van der Waals surface area (Å²) in [5.41, 5.74) is 2.36. The first-order valence-corrected chi connectivity index (χ1v) is 6.80. The highest BCUT2D eigenvalue weighted by atomic mass is 32.2. The van der Waals surface area contributed by atoms with Crippen LogP contribution in [0.1, 0.15) is 5.56 Å². The van der Waals surface area contributed by atoms with E-state index in [9.17, 15) is 8.42 Å². The van der Waals surface area contributed by atoms with Crippen molar-refractivity contribution in [1.29, 1.82) is 0 Å². The van der Waals surface area contributed by atoms with Gasteiger partial charge in [0.2, 0.25) is 5.13 Å². The Morgan fingerprint density at radius 1 is 1.38 bits per heavy atom. The number of benzene rings is 1. The third-order valence-corrected chi connectivity index (χ3v) is 3.95. The molecule has 2 rings (SSSR count). The van der Waals surface area contributed by atoms with E-state index >= 15 is 0 Å². The highest BCUT2D eigenvalue weighted by molar-refractivity contribution is 7.93. The molecule has 0 radical (unpaired) electrons. The third kappa shape index (κ3) is 2.37.